The SMILES string of the molecule is C[C@H](NC(=O)c1ccc(-c2nnc(-c3ccccc3)o2)cc1)c1ccco1. The average molecular weight is 359 g/mol. The van der Waals surface area contributed by atoms with Gasteiger partial charge in [-0.05, 0) is 55.5 Å². The third-order valence-electron chi connectivity index (χ3n) is 4.16. The van der Waals surface area contributed by atoms with Gasteiger partial charge in [-0.1, -0.05) is 18.2 Å². The van der Waals surface area contributed by atoms with Crippen LogP contribution >= 0.6 is 0 Å². The summed E-state index contributed by atoms with van der Waals surface area (Å²) in [6.07, 6.45) is 1.58. The predicted molar refractivity (Wildman–Crippen MR) is 99.8 cm³/mol. The maximum Gasteiger partial charge on any atom is 0.251 e. The Hall–Kier alpha value is -3.67. The van der Waals surface area contributed by atoms with Gasteiger partial charge in [-0.3, -0.25) is 4.79 Å². The number of nitrogens with zero attached hydrogens (tertiary/aromatic N) is 2. The van der Waals surface area contributed by atoms with Crippen LogP contribution in [0, 0.1) is 0 Å². The second-order valence-electron chi connectivity index (χ2n) is 6.07. The summed E-state index contributed by atoms with van der Waals surface area (Å²) in [5, 5.41) is 11.1. The van der Waals surface area contributed by atoms with Crippen LogP contribution in [0.4, 0.5) is 0 Å². The second kappa shape index (κ2) is 7.29. The van der Waals surface area contributed by atoms with Crippen LogP contribution in [0.2, 0.25) is 0 Å². The first-order chi connectivity index (χ1) is 13.2. The fraction of sp³-hybridized carbons (Fsp3) is 0.0952. The van der Waals surface area contributed by atoms with Crippen molar-refractivity contribution in [3.05, 3.63) is 84.3 Å². The predicted octanol–water partition coefficient (Wildman–Crippen LogP) is 4.49. The third-order valence-corrected chi connectivity index (χ3v) is 4.16. The van der Waals surface area contributed by atoms with Crippen molar-refractivity contribution in [2.75, 3.05) is 0 Å². The van der Waals surface area contributed by atoms with Crippen LogP contribution in [-0.2, 0) is 0 Å². The van der Waals surface area contributed by atoms with Crippen molar-refractivity contribution in [2.24, 2.45) is 0 Å². The molecule has 0 aliphatic carbocycles. The van der Waals surface area contributed by atoms with Crippen molar-refractivity contribution in [3.8, 4) is 22.9 Å². The van der Waals surface area contributed by atoms with Gasteiger partial charge in [0.2, 0.25) is 11.8 Å². The van der Waals surface area contributed by atoms with Gasteiger partial charge >= 0.3 is 0 Å². The van der Waals surface area contributed by atoms with Gasteiger partial charge in [0.05, 0.1) is 12.3 Å². The molecule has 0 unspecified atom stereocenters. The Morgan fingerprint density at radius 1 is 0.889 bits per heavy atom. The molecule has 2 heterocycles. The van der Waals surface area contributed by atoms with Gasteiger partial charge in [-0.25, -0.2) is 0 Å². The van der Waals surface area contributed by atoms with Crippen LogP contribution in [0.1, 0.15) is 29.1 Å². The molecule has 0 aliphatic rings. The summed E-state index contributed by atoms with van der Waals surface area (Å²) >= 11 is 0. The molecular formula is C21H17N3O3. The van der Waals surface area contributed by atoms with Crippen LogP contribution in [-0.4, -0.2) is 16.1 Å². The normalized spacial score (nSPS) is 11.9. The van der Waals surface area contributed by atoms with Gasteiger partial charge in [0, 0.05) is 16.7 Å². The van der Waals surface area contributed by atoms with E-state index in [0.29, 0.717) is 23.1 Å². The number of rotatable bonds is 5. The number of carbonyl (C=O) groups is 1. The number of aromatic nitrogens is 2. The van der Waals surface area contributed by atoms with Gasteiger partial charge in [0.1, 0.15) is 5.76 Å². The smallest absolute Gasteiger partial charge is 0.251 e. The number of amides is 1. The van der Waals surface area contributed by atoms with Crippen molar-refractivity contribution in [1.29, 1.82) is 0 Å². The van der Waals surface area contributed by atoms with Gasteiger partial charge in [0.15, 0.2) is 0 Å². The van der Waals surface area contributed by atoms with E-state index in [1.807, 2.05) is 43.3 Å². The monoisotopic (exact) mass is 359 g/mol. The summed E-state index contributed by atoms with van der Waals surface area (Å²) in [6, 6.07) is 20.0. The van der Waals surface area contributed by atoms with Crippen molar-refractivity contribution >= 4 is 5.91 Å². The van der Waals surface area contributed by atoms with Crippen molar-refractivity contribution in [1.82, 2.24) is 15.5 Å². The van der Waals surface area contributed by atoms with Crippen LogP contribution in [0.5, 0.6) is 0 Å². The van der Waals surface area contributed by atoms with Gasteiger partial charge < -0.3 is 14.2 Å². The summed E-state index contributed by atoms with van der Waals surface area (Å²) in [4.78, 5) is 12.4. The van der Waals surface area contributed by atoms with Gasteiger partial charge in [-0.2, -0.15) is 0 Å². The zero-order valence-electron chi connectivity index (χ0n) is 14.6. The molecule has 0 saturated carbocycles. The Morgan fingerprint density at radius 3 is 2.19 bits per heavy atom. The van der Waals surface area contributed by atoms with Crippen LogP contribution in [0.15, 0.2) is 81.8 Å². The number of carbonyl (C=O) groups excluding carboxylic acids is 1. The van der Waals surface area contributed by atoms with E-state index >= 15 is 0 Å². The molecular weight excluding hydrogens is 342 g/mol. The van der Waals surface area contributed by atoms with E-state index < -0.39 is 0 Å². The maximum absolute atomic E-state index is 12.4. The molecule has 1 amide bonds. The molecule has 0 bridgehead atoms. The molecule has 134 valence electrons. The Labute approximate surface area is 155 Å². The van der Waals surface area contributed by atoms with Crippen molar-refractivity contribution < 1.29 is 13.6 Å². The lowest BCUT2D eigenvalue weighted by molar-refractivity contribution is 0.0935. The van der Waals surface area contributed by atoms with E-state index in [1.54, 1.807) is 36.6 Å². The summed E-state index contributed by atoms with van der Waals surface area (Å²) in [6.45, 7) is 1.87. The number of furan rings is 1. The van der Waals surface area contributed by atoms with E-state index in [0.717, 1.165) is 11.1 Å². The van der Waals surface area contributed by atoms with Crippen LogP contribution < -0.4 is 5.32 Å². The first kappa shape index (κ1) is 16.8. The quantitative estimate of drug-likeness (QED) is 0.568. The fourth-order valence-corrected chi connectivity index (χ4v) is 2.69. The minimum Gasteiger partial charge on any atom is -0.467 e. The number of benzene rings is 2. The Kier molecular flexibility index (Phi) is 4.53. The Balaban J connectivity index is 1.48. The molecule has 27 heavy (non-hydrogen) atoms. The second-order valence-corrected chi connectivity index (χ2v) is 6.07. The third kappa shape index (κ3) is 3.64. The zero-order valence-corrected chi connectivity index (χ0v) is 14.6. The largest absolute Gasteiger partial charge is 0.467 e. The Morgan fingerprint density at radius 2 is 1.56 bits per heavy atom. The molecule has 6 nitrogen and oxygen atoms in total. The molecule has 0 spiro atoms. The van der Waals surface area contributed by atoms with Crippen LogP contribution in [0.3, 0.4) is 0 Å². The average Bonchev–Trinajstić information content (AvgIpc) is 3.41. The topological polar surface area (TPSA) is 81.2 Å². The van der Waals surface area contributed by atoms with E-state index in [1.165, 1.54) is 0 Å². The Bertz CT molecular complexity index is 1020. The molecule has 2 aromatic heterocycles. The first-order valence-electron chi connectivity index (χ1n) is 8.54. The highest BCUT2D eigenvalue weighted by atomic mass is 16.4. The van der Waals surface area contributed by atoms with Crippen molar-refractivity contribution in [2.45, 2.75) is 13.0 Å². The molecule has 6 heteroatoms. The zero-order chi connectivity index (χ0) is 18.6. The molecule has 0 aliphatic heterocycles. The fourth-order valence-electron chi connectivity index (χ4n) is 2.69. The summed E-state index contributed by atoms with van der Waals surface area (Å²) < 4.78 is 11.0. The minimum absolute atomic E-state index is 0.180. The maximum atomic E-state index is 12.4. The van der Waals surface area contributed by atoms with Crippen LogP contribution in [0.25, 0.3) is 22.9 Å². The summed E-state index contributed by atoms with van der Waals surface area (Å²) in [5.41, 5.74) is 2.15. The molecule has 1 N–H and O–H groups in total. The highest BCUT2D eigenvalue weighted by Gasteiger charge is 2.15. The standard InChI is InChI=1S/C21H17N3O3/c1-14(18-8-5-13-26-18)22-19(25)15-9-11-17(12-10-15)21-24-23-20(27-21)16-6-3-2-4-7-16/h2-14H,1H3,(H,22,25)/t14-/m0/s1. The summed E-state index contributed by atoms with van der Waals surface area (Å²) in [5.74, 6) is 1.39. The van der Waals surface area contributed by atoms with Gasteiger partial charge in [0.25, 0.3) is 5.91 Å². The molecule has 0 fully saturated rings. The number of nitrogens with one attached hydrogen (secondary N) is 1. The first-order valence-corrected chi connectivity index (χ1v) is 8.54. The van der Waals surface area contributed by atoms with Gasteiger partial charge in [-0.15, -0.1) is 10.2 Å². The molecule has 1 atom stereocenters. The number of hydrogen-bond donors (Lipinski definition) is 1. The lowest BCUT2D eigenvalue weighted by atomic mass is 10.1. The van der Waals surface area contributed by atoms with E-state index in [4.69, 9.17) is 8.83 Å². The molecule has 4 rings (SSSR count). The highest BCUT2D eigenvalue weighted by Crippen LogP contribution is 2.24. The molecule has 0 radical (unpaired) electrons. The number of hydrogen-bond acceptors (Lipinski definition) is 5. The van der Waals surface area contributed by atoms with E-state index in [-0.39, 0.29) is 11.9 Å². The van der Waals surface area contributed by atoms with E-state index in [2.05, 4.69) is 15.5 Å². The highest BCUT2D eigenvalue weighted by molar-refractivity contribution is 5.94. The molecule has 2 aromatic carbocycles. The lowest BCUT2D eigenvalue weighted by Crippen LogP contribution is -2.26. The van der Waals surface area contributed by atoms with Crippen molar-refractivity contribution in [3.63, 3.8) is 0 Å². The van der Waals surface area contributed by atoms with E-state index in [9.17, 15) is 4.79 Å². The molecule has 4 aromatic rings. The molecule has 0 saturated heterocycles. The summed E-state index contributed by atoms with van der Waals surface area (Å²) in [7, 11) is 0. The lowest BCUT2D eigenvalue weighted by Gasteiger charge is -2.11. The minimum atomic E-state index is -0.212.